The van der Waals surface area contributed by atoms with Crippen molar-refractivity contribution in [3.8, 4) is 5.69 Å². The van der Waals surface area contributed by atoms with E-state index in [1.54, 1.807) is 23.1 Å². The van der Waals surface area contributed by atoms with Gasteiger partial charge < -0.3 is 15.3 Å². The maximum atomic E-state index is 13.0. The maximum Gasteiger partial charge on any atom is 0.252 e. The van der Waals surface area contributed by atoms with E-state index < -0.39 is 12.1 Å². The van der Waals surface area contributed by atoms with E-state index in [9.17, 15) is 14.7 Å². The molecule has 1 aliphatic heterocycles. The standard InChI is InChI=1S/C20H23ClN6O3/c21-14-3-4-16(27-10-23-24-25-27)12(6-14)8-22-19(29)18-15-7-13(15)9-26(18)20(30)17(28)5-11-1-2-11/h3-4,6,10-11,13,15,17-18,28H,1-2,5,7-9H2,(H,22,29)/t13-,15-,17+,18-/m0/s1. The number of fused-ring (bicyclic) bond motifs is 1. The molecule has 0 unspecified atom stereocenters. The zero-order chi connectivity index (χ0) is 20.8. The number of rotatable bonds is 7. The Balaban J connectivity index is 1.28. The predicted octanol–water partition coefficient (Wildman–Crippen LogP) is 0.940. The van der Waals surface area contributed by atoms with Crippen LogP contribution in [0.4, 0.5) is 0 Å². The predicted molar refractivity (Wildman–Crippen MR) is 106 cm³/mol. The smallest absolute Gasteiger partial charge is 0.252 e. The summed E-state index contributed by atoms with van der Waals surface area (Å²) in [6.45, 7) is 0.783. The number of aliphatic hydroxyl groups is 1. The van der Waals surface area contributed by atoms with Crippen molar-refractivity contribution in [2.75, 3.05) is 6.54 Å². The SMILES string of the molecule is O=C(NCc1cc(Cl)ccc1-n1cnnn1)[C@@H]1[C@H]2C[C@H]2CN1C(=O)[C@H](O)CC1CC1. The molecule has 1 saturated heterocycles. The number of carbonyl (C=O) groups is 2. The molecule has 4 atom stereocenters. The van der Waals surface area contributed by atoms with Gasteiger partial charge in [0.05, 0.1) is 5.69 Å². The van der Waals surface area contributed by atoms with E-state index in [4.69, 9.17) is 11.6 Å². The van der Waals surface area contributed by atoms with Crippen molar-refractivity contribution in [1.29, 1.82) is 0 Å². The van der Waals surface area contributed by atoms with Crippen LogP contribution in [0.5, 0.6) is 0 Å². The van der Waals surface area contributed by atoms with Gasteiger partial charge in [0.15, 0.2) is 0 Å². The number of nitrogens with zero attached hydrogens (tertiary/aromatic N) is 5. The van der Waals surface area contributed by atoms with Gasteiger partial charge >= 0.3 is 0 Å². The molecule has 30 heavy (non-hydrogen) atoms. The normalized spacial score (nSPS) is 25.7. The lowest BCUT2D eigenvalue weighted by molar-refractivity contribution is -0.146. The molecule has 0 bridgehead atoms. The van der Waals surface area contributed by atoms with Crippen molar-refractivity contribution < 1.29 is 14.7 Å². The molecular formula is C20H23ClN6O3. The first-order valence-electron chi connectivity index (χ1n) is 10.3. The van der Waals surface area contributed by atoms with Gasteiger partial charge in [0, 0.05) is 18.1 Å². The third-order valence-electron chi connectivity index (χ3n) is 6.33. The highest BCUT2D eigenvalue weighted by Gasteiger charge is 2.57. The molecule has 0 spiro atoms. The molecule has 1 aromatic heterocycles. The Morgan fingerprint density at radius 2 is 2.17 bits per heavy atom. The number of aromatic nitrogens is 4. The quantitative estimate of drug-likeness (QED) is 0.675. The number of hydrogen-bond donors (Lipinski definition) is 2. The number of carbonyl (C=O) groups excluding carboxylic acids is 2. The van der Waals surface area contributed by atoms with Gasteiger partial charge in [-0.05, 0) is 64.8 Å². The second-order valence-electron chi connectivity index (χ2n) is 8.54. The largest absolute Gasteiger partial charge is 0.383 e. The van der Waals surface area contributed by atoms with E-state index >= 15 is 0 Å². The van der Waals surface area contributed by atoms with Crippen LogP contribution in [0.15, 0.2) is 24.5 Å². The van der Waals surface area contributed by atoms with Gasteiger partial charge in [-0.3, -0.25) is 9.59 Å². The summed E-state index contributed by atoms with van der Waals surface area (Å²) in [7, 11) is 0. The minimum Gasteiger partial charge on any atom is -0.383 e. The number of nitrogens with one attached hydrogen (secondary N) is 1. The van der Waals surface area contributed by atoms with Crippen molar-refractivity contribution in [3.05, 3.63) is 35.1 Å². The average Bonchev–Trinajstić information content (AvgIpc) is 3.60. The molecule has 0 radical (unpaired) electrons. The number of benzene rings is 1. The summed E-state index contributed by atoms with van der Waals surface area (Å²) in [5, 5.41) is 25.0. The molecule has 5 rings (SSSR count). The molecule has 3 fully saturated rings. The number of hydrogen-bond acceptors (Lipinski definition) is 6. The number of halogens is 1. The van der Waals surface area contributed by atoms with Crippen molar-refractivity contribution in [2.24, 2.45) is 17.8 Å². The Hall–Kier alpha value is -2.52. The lowest BCUT2D eigenvalue weighted by Crippen LogP contribution is -2.51. The Morgan fingerprint density at radius 3 is 2.90 bits per heavy atom. The Labute approximate surface area is 178 Å². The van der Waals surface area contributed by atoms with Crippen LogP contribution in [-0.2, 0) is 16.1 Å². The first-order valence-corrected chi connectivity index (χ1v) is 10.7. The van der Waals surface area contributed by atoms with Crippen molar-refractivity contribution >= 4 is 23.4 Å². The van der Waals surface area contributed by atoms with Crippen molar-refractivity contribution in [3.63, 3.8) is 0 Å². The van der Waals surface area contributed by atoms with Crippen LogP contribution in [-0.4, -0.2) is 60.7 Å². The van der Waals surface area contributed by atoms with Gasteiger partial charge in [-0.2, -0.15) is 0 Å². The Bertz CT molecular complexity index is 963. The first-order chi connectivity index (χ1) is 14.5. The monoisotopic (exact) mass is 430 g/mol. The highest BCUT2D eigenvalue weighted by molar-refractivity contribution is 6.30. The highest BCUT2D eigenvalue weighted by Crippen LogP contribution is 2.50. The summed E-state index contributed by atoms with van der Waals surface area (Å²) in [4.78, 5) is 27.4. The van der Waals surface area contributed by atoms with E-state index in [-0.39, 0.29) is 24.3 Å². The molecule has 3 aliphatic rings. The zero-order valence-corrected chi connectivity index (χ0v) is 17.1. The van der Waals surface area contributed by atoms with E-state index in [1.165, 1.54) is 11.0 Å². The molecule has 9 nitrogen and oxygen atoms in total. The fraction of sp³-hybridized carbons (Fsp3) is 0.550. The second kappa shape index (κ2) is 7.63. The van der Waals surface area contributed by atoms with Crippen LogP contribution < -0.4 is 5.32 Å². The maximum absolute atomic E-state index is 13.0. The number of piperidine rings is 1. The Morgan fingerprint density at radius 1 is 1.33 bits per heavy atom. The van der Waals surface area contributed by atoms with Crippen molar-refractivity contribution in [2.45, 2.75) is 44.4 Å². The summed E-state index contributed by atoms with van der Waals surface area (Å²) in [6.07, 6.45) is 4.06. The molecule has 2 aliphatic carbocycles. The average molecular weight is 431 g/mol. The zero-order valence-electron chi connectivity index (χ0n) is 16.3. The lowest BCUT2D eigenvalue weighted by Gasteiger charge is -2.28. The van der Waals surface area contributed by atoms with Gasteiger partial charge in [0.25, 0.3) is 5.91 Å². The minimum absolute atomic E-state index is 0.181. The number of aliphatic hydroxyl groups excluding tert-OH is 1. The van der Waals surface area contributed by atoms with Gasteiger partial charge in [-0.15, -0.1) is 5.10 Å². The number of amides is 2. The van der Waals surface area contributed by atoms with E-state index in [0.717, 1.165) is 24.8 Å². The molecule has 1 aromatic carbocycles. The summed E-state index contributed by atoms with van der Waals surface area (Å²) in [6, 6.07) is 4.76. The molecular weight excluding hydrogens is 408 g/mol. The van der Waals surface area contributed by atoms with Gasteiger partial charge in [0.2, 0.25) is 5.91 Å². The number of tetrazole rings is 1. The van der Waals surface area contributed by atoms with Crippen LogP contribution in [0.1, 0.15) is 31.2 Å². The van der Waals surface area contributed by atoms with Gasteiger partial charge in [0.1, 0.15) is 18.5 Å². The fourth-order valence-electron chi connectivity index (χ4n) is 4.47. The van der Waals surface area contributed by atoms with Crippen LogP contribution in [0.25, 0.3) is 5.69 Å². The van der Waals surface area contributed by atoms with Crippen LogP contribution >= 0.6 is 11.6 Å². The number of likely N-dealkylation sites (tertiary alicyclic amines) is 1. The highest BCUT2D eigenvalue weighted by atomic mass is 35.5. The van der Waals surface area contributed by atoms with Crippen LogP contribution in [0.3, 0.4) is 0 Å². The van der Waals surface area contributed by atoms with E-state index in [1.807, 2.05) is 0 Å². The second-order valence-corrected chi connectivity index (χ2v) is 8.97. The van der Waals surface area contributed by atoms with Crippen molar-refractivity contribution in [1.82, 2.24) is 30.4 Å². The van der Waals surface area contributed by atoms with Crippen LogP contribution in [0, 0.1) is 17.8 Å². The van der Waals surface area contributed by atoms with Crippen LogP contribution in [0.2, 0.25) is 5.02 Å². The summed E-state index contributed by atoms with van der Waals surface area (Å²) < 4.78 is 1.51. The molecule has 10 heteroatoms. The molecule has 2 N–H and O–H groups in total. The summed E-state index contributed by atoms with van der Waals surface area (Å²) in [5.41, 5.74) is 1.48. The fourth-order valence-corrected chi connectivity index (χ4v) is 4.66. The molecule has 2 aromatic rings. The molecule has 2 heterocycles. The lowest BCUT2D eigenvalue weighted by atomic mass is 10.1. The Kier molecular flexibility index (Phi) is 4.94. The third kappa shape index (κ3) is 3.79. The van der Waals surface area contributed by atoms with E-state index in [2.05, 4.69) is 20.8 Å². The van der Waals surface area contributed by atoms with E-state index in [0.29, 0.717) is 35.5 Å². The first kappa shape index (κ1) is 19.4. The molecule has 2 saturated carbocycles. The van der Waals surface area contributed by atoms with Gasteiger partial charge in [-0.1, -0.05) is 24.4 Å². The third-order valence-corrected chi connectivity index (χ3v) is 6.57. The molecule has 2 amide bonds. The van der Waals surface area contributed by atoms with Gasteiger partial charge in [-0.25, -0.2) is 4.68 Å². The summed E-state index contributed by atoms with van der Waals surface area (Å²) in [5.74, 6) is 0.475. The molecule has 158 valence electrons. The minimum atomic E-state index is -1.01. The summed E-state index contributed by atoms with van der Waals surface area (Å²) >= 11 is 6.14. The topological polar surface area (TPSA) is 113 Å².